The van der Waals surface area contributed by atoms with Crippen LogP contribution in [0.1, 0.15) is 11.3 Å². The lowest BCUT2D eigenvalue weighted by Gasteiger charge is -2.22. The number of rotatable bonds is 7. The van der Waals surface area contributed by atoms with Gasteiger partial charge in [-0.1, -0.05) is 46.7 Å². The molecule has 1 heterocycles. The summed E-state index contributed by atoms with van der Waals surface area (Å²) in [6.45, 7) is 0. The first kappa shape index (κ1) is 35.8. The number of carbonyl (C=O) groups is 2. The highest BCUT2D eigenvalue weighted by Crippen LogP contribution is 2.41. The summed E-state index contributed by atoms with van der Waals surface area (Å²) in [5.74, 6) is 0.242. The molecule has 0 saturated carbocycles. The molecule has 2 aromatic rings. The van der Waals surface area contributed by atoms with E-state index < -0.39 is 71.0 Å². The molecule has 1 atom stereocenters. The quantitative estimate of drug-likeness (QED) is 0.274. The maximum atomic E-state index is 12.7. The number of thioether (sulfide) groups is 2. The zero-order chi connectivity index (χ0) is 31.2. The van der Waals surface area contributed by atoms with Gasteiger partial charge in [0, 0.05) is 17.5 Å². The van der Waals surface area contributed by atoms with E-state index in [-0.39, 0.29) is 6.04 Å². The second-order valence-electron chi connectivity index (χ2n) is 7.46. The van der Waals surface area contributed by atoms with Crippen LogP contribution in [0.2, 0.25) is 10.0 Å². The number of nitrogens with two attached hydrogens (primary N) is 3. The normalized spacial score (nSPS) is 12.6. The molecule has 0 bridgehead atoms. The van der Waals surface area contributed by atoms with E-state index in [1.807, 2.05) is 19.0 Å². The minimum absolute atomic E-state index is 0.116. The lowest BCUT2D eigenvalue weighted by molar-refractivity contribution is -0.137. The molecule has 40 heavy (non-hydrogen) atoms. The van der Waals surface area contributed by atoms with Gasteiger partial charge in [0.25, 0.3) is 10.5 Å². The number of primary amides is 2. The molecular weight excluding hydrogens is 655 g/mol. The second kappa shape index (κ2) is 14.6. The minimum Gasteiger partial charge on any atom is -0.604 e. The summed E-state index contributed by atoms with van der Waals surface area (Å²) in [5.41, 5.74) is 7.59. The number of nitrogens with zero attached hydrogens (tertiary/aromatic N) is 4. The second-order valence-corrected chi connectivity index (χ2v) is 11.7. The van der Waals surface area contributed by atoms with Gasteiger partial charge in [-0.25, -0.2) is 4.68 Å². The Labute approximate surface area is 244 Å². The number of halogens is 8. The molecule has 0 aliphatic rings. The van der Waals surface area contributed by atoms with Crippen LogP contribution in [0.4, 0.5) is 41.7 Å². The van der Waals surface area contributed by atoms with E-state index in [0.717, 1.165) is 23.5 Å². The molecular formula is C19H19Cl2F6N7O3S3. The summed E-state index contributed by atoms with van der Waals surface area (Å²) in [6.07, 6.45) is -4.79. The summed E-state index contributed by atoms with van der Waals surface area (Å²) < 4.78 is 88.4. The van der Waals surface area contributed by atoms with Gasteiger partial charge in [-0.05, 0) is 26.2 Å². The van der Waals surface area contributed by atoms with Gasteiger partial charge in [-0.2, -0.15) is 18.4 Å². The Balaban J connectivity index is 0.000000486. The molecule has 1 aromatic carbocycles. The van der Waals surface area contributed by atoms with E-state index in [4.69, 9.17) is 45.7 Å². The lowest BCUT2D eigenvalue weighted by atomic mass is 10.2. The highest BCUT2D eigenvalue weighted by Gasteiger charge is 2.50. The smallest absolute Gasteiger partial charge is 0.578 e. The first-order valence-electron chi connectivity index (χ1n) is 10.1. The van der Waals surface area contributed by atoms with E-state index in [0.29, 0.717) is 28.3 Å². The molecule has 2 amide bonds. The van der Waals surface area contributed by atoms with Crippen molar-refractivity contribution in [1.82, 2.24) is 14.7 Å². The van der Waals surface area contributed by atoms with E-state index in [9.17, 15) is 40.5 Å². The number of nitriles is 1. The summed E-state index contributed by atoms with van der Waals surface area (Å²) in [7, 11) is 3.77. The van der Waals surface area contributed by atoms with Crippen LogP contribution in [0.3, 0.4) is 0 Å². The van der Waals surface area contributed by atoms with Crippen LogP contribution in [0, 0.1) is 11.3 Å². The molecule has 2 rings (SSSR count). The molecule has 0 fully saturated rings. The molecule has 10 nitrogen and oxygen atoms in total. The van der Waals surface area contributed by atoms with Gasteiger partial charge in [0.1, 0.15) is 22.9 Å². The number of hydrogen-bond acceptors (Lipinski definition) is 9. The van der Waals surface area contributed by atoms with Crippen LogP contribution in [0.15, 0.2) is 17.0 Å². The Morgan fingerprint density at radius 3 is 1.90 bits per heavy atom. The van der Waals surface area contributed by atoms with Gasteiger partial charge in [-0.3, -0.25) is 9.59 Å². The molecule has 6 N–H and O–H groups in total. The molecule has 0 saturated heterocycles. The summed E-state index contributed by atoms with van der Waals surface area (Å²) >= 11 is 9.88. The first-order valence-corrected chi connectivity index (χ1v) is 13.9. The maximum Gasteiger partial charge on any atom is 0.578 e. The van der Waals surface area contributed by atoms with Crippen LogP contribution in [0.25, 0.3) is 5.69 Å². The highest BCUT2D eigenvalue weighted by molar-refractivity contribution is 8.14. The maximum absolute atomic E-state index is 12.7. The zero-order valence-electron chi connectivity index (χ0n) is 20.1. The van der Waals surface area contributed by atoms with Crippen LogP contribution < -0.4 is 17.2 Å². The SMILES string of the molecule is CN(C)C(CSC(N)=O)CSC(N)=O.N#Cc1nn(-c2c(Cl)cc(C(F)(F)F)cc2Cl)c(N)c1[S+]([O-])C(F)(F)F. The molecule has 0 aliphatic carbocycles. The molecule has 0 radical (unpaired) electrons. The standard InChI is InChI=1S/C12H4Cl2F6N4OS.C7H15N3O2S2/c13-5-1-4(11(15,16)17)2-6(14)8(5)24-10(22)9(7(3-21)23-24)26(25)12(18,19)20;1-10(2)5(3-13-6(8)11)4-14-7(9)12/h1-2H,22H2;5H,3-4H2,1-2H3,(H2,8,11)(H2,9,12). The third-order valence-corrected chi connectivity index (χ3v) is 7.94. The Morgan fingerprint density at radius 2 is 1.57 bits per heavy atom. The van der Waals surface area contributed by atoms with Crippen LogP contribution >= 0.6 is 46.7 Å². The number of anilines is 1. The summed E-state index contributed by atoms with van der Waals surface area (Å²) in [4.78, 5) is 21.9. The van der Waals surface area contributed by atoms with Crippen molar-refractivity contribution in [3.8, 4) is 11.8 Å². The molecule has 1 unspecified atom stereocenters. The summed E-state index contributed by atoms with van der Waals surface area (Å²) in [5, 5.41) is 10.2. The summed E-state index contributed by atoms with van der Waals surface area (Å²) in [6, 6.07) is 2.31. The van der Waals surface area contributed by atoms with E-state index in [2.05, 4.69) is 5.10 Å². The minimum atomic E-state index is -5.25. The number of hydrogen-bond donors (Lipinski definition) is 3. The van der Waals surface area contributed by atoms with Crippen molar-refractivity contribution < 1.29 is 40.5 Å². The highest BCUT2D eigenvalue weighted by atomic mass is 35.5. The van der Waals surface area contributed by atoms with E-state index in [1.165, 1.54) is 6.07 Å². The van der Waals surface area contributed by atoms with Gasteiger partial charge in [-0.15, -0.1) is 18.3 Å². The van der Waals surface area contributed by atoms with Crippen LogP contribution in [0.5, 0.6) is 0 Å². The van der Waals surface area contributed by atoms with E-state index >= 15 is 0 Å². The van der Waals surface area contributed by atoms with Crippen molar-refractivity contribution in [1.29, 1.82) is 5.26 Å². The number of amides is 2. The fourth-order valence-electron chi connectivity index (χ4n) is 2.59. The van der Waals surface area contributed by atoms with Gasteiger partial charge >= 0.3 is 11.7 Å². The lowest BCUT2D eigenvalue weighted by Crippen LogP contribution is -2.34. The first-order chi connectivity index (χ1) is 18.2. The van der Waals surface area contributed by atoms with Gasteiger partial charge < -0.3 is 26.7 Å². The number of nitrogen functional groups attached to an aromatic ring is 1. The Morgan fingerprint density at radius 1 is 1.12 bits per heavy atom. The Hall–Kier alpha value is -2.21. The third-order valence-electron chi connectivity index (χ3n) is 4.50. The number of carbonyl (C=O) groups excluding carboxylic acids is 2. The van der Waals surface area contributed by atoms with Crippen molar-refractivity contribution in [2.24, 2.45) is 11.5 Å². The molecule has 21 heteroatoms. The van der Waals surface area contributed by atoms with Crippen molar-refractivity contribution in [3.63, 3.8) is 0 Å². The van der Waals surface area contributed by atoms with E-state index in [1.54, 1.807) is 0 Å². The Kier molecular flexibility index (Phi) is 13.1. The average molecular weight is 675 g/mol. The molecule has 1 aromatic heterocycles. The number of benzene rings is 1. The number of alkyl halides is 6. The predicted molar refractivity (Wildman–Crippen MR) is 142 cm³/mol. The van der Waals surface area contributed by atoms with Crippen LogP contribution in [-0.2, 0) is 17.4 Å². The fourth-order valence-corrected chi connectivity index (χ4v) is 5.70. The van der Waals surface area contributed by atoms with Crippen molar-refractivity contribution in [3.05, 3.63) is 33.4 Å². The Bertz CT molecular complexity index is 1230. The zero-order valence-corrected chi connectivity index (χ0v) is 24.1. The van der Waals surface area contributed by atoms with Crippen LogP contribution in [-0.4, -0.2) is 66.9 Å². The van der Waals surface area contributed by atoms with Gasteiger partial charge in [0.15, 0.2) is 5.82 Å². The fraction of sp³-hybridized carbons (Fsp3) is 0.368. The number of aromatic nitrogens is 2. The third kappa shape index (κ3) is 10.0. The van der Waals surface area contributed by atoms with Crippen molar-refractivity contribution >= 4 is 74.2 Å². The van der Waals surface area contributed by atoms with Crippen molar-refractivity contribution in [2.75, 3.05) is 31.3 Å². The largest absolute Gasteiger partial charge is 0.604 e. The average Bonchev–Trinajstić information content (AvgIpc) is 3.12. The van der Waals surface area contributed by atoms with Gasteiger partial charge in [0.05, 0.1) is 15.6 Å². The van der Waals surface area contributed by atoms with Gasteiger partial charge in [0.2, 0.25) is 10.6 Å². The van der Waals surface area contributed by atoms with Crippen molar-refractivity contribution in [2.45, 2.75) is 22.6 Å². The molecule has 222 valence electrons. The molecule has 0 aliphatic heterocycles. The topological polar surface area (TPSA) is 180 Å². The molecule has 0 spiro atoms. The monoisotopic (exact) mass is 673 g/mol. The predicted octanol–water partition coefficient (Wildman–Crippen LogP) is 4.82.